The standard InChI is InChI=1S/C20H40O4Si/c1-10-11-19(21)12-13-20(8,23-15-22-9)14-24-25(16(2)3,17(4)5)18(6)7/h10,12-13,16-19,21H,1,11,14-15H2,2-9H3/t19-,20-/m1/s1. The highest BCUT2D eigenvalue weighted by Crippen LogP contribution is 2.42. The monoisotopic (exact) mass is 372 g/mol. The second-order valence-corrected chi connectivity index (χ2v) is 13.4. The van der Waals surface area contributed by atoms with Crippen molar-refractivity contribution < 1.29 is 19.0 Å². The van der Waals surface area contributed by atoms with Gasteiger partial charge in [-0.1, -0.05) is 59.8 Å². The third-order valence-electron chi connectivity index (χ3n) is 4.90. The van der Waals surface area contributed by atoms with Crippen molar-refractivity contribution in [2.45, 2.75) is 83.2 Å². The van der Waals surface area contributed by atoms with E-state index in [-0.39, 0.29) is 6.79 Å². The van der Waals surface area contributed by atoms with Crippen LogP contribution in [0.1, 0.15) is 54.9 Å². The summed E-state index contributed by atoms with van der Waals surface area (Å²) in [6, 6.07) is 0. The van der Waals surface area contributed by atoms with E-state index in [1.807, 2.05) is 13.0 Å². The van der Waals surface area contributed by atoms with Crippen LogP contribution >= 0.6 is 0 Å². The Balaban J connectivity index is 5.38. The van der Waals surface area contributed by atoms with Crippen molar-refractivity contribution in [2.75, 3.05) is 20.5 Å². The van der Waals surface area contributed by atoms with Crippen LogP contribution in [0.3, 0.4) is 0 Å². The molecular weight excluding hydrogens is 332 g/mol. The van der Waals surface area contributed by atoms with Gasteiger partial charge in [-0.05, 0) is 30.0 Å². The van der Waals surface area contributed by atoms with Crippen molar-refractivity contribution in [1.82, 2.24) is 0 Å². The van der Waals surface area contributed by atoms with Crippen LogP contribution in [-0.4, -0.2) is 45.6 Å². The molecule has 5 heteroatoms. The molecule has 0 aromatic carbocycles. The van der Waals surface area contributed by atoms with E-state index in [9.17, 15) is 5.11 Å². The highest BCUT2D eigenvalue weighted by atomic mass is 28.4. The lowest BCUT2D eigenvalue weighted by molar-refractivity contribution is -0.115. The van der Waals surface area contributed by atoms with Crippen molar-refractivity contribution in [3.05, 3.63) is 24.8 Å². The number of aliphatic hydroxyl groups is 1. The molecule has 148 valence electrons. The number of hydrogen-bond donors (Lipinski definition) is 1. The number of rotatable bonds is 13. The van der Waals surface area contributed by atoms with Gasteiger partial charge in [-0.3, -0.25) is 0 Å². The first-order chi connectivity index (χ1) is 11.6. The van der Waals surface area contributed by atoms with E-state index in [1.54, 1.807) is 19.3 Å². The van der Waals surface area contributed by atoms with Crippen LogP contribution in [0.2, 0.25) is 16.6 Å². The summed E-state index contributed by atoms with van der Waals surface area (Å²) in [6.07, 6.45) is 5.29. The number of ether oxygens (including phenoxy) is 2. The van der Waals surface area contributed by atoms with Gasteiger partial charge in [0.15, 0.2) is 8.32 Å². The van der Waals surface area contributed by atoms with Gasteiger partial charge in [0.1, 0.15) is 12.4 Å². The van der Waals surface area contributed by atoms with Gasteiger partial charge in [-0.25, -0.2) is 0 Å². The van der Waals surface area contributed by atoms with Crippen LogP contribution in [0, 0.1) is 0 Å². The molecule has 1 N–H and O–H groups in total. The Morgan fingerprint density at radius 3 is 2.00 bits per heavy atom. The Kier molecular flexibility index (Phi) is 11.1. The van der Waals surface area contributed by atoms with E-state index in [0.29, 0.717) is 29.7 Å². The molecule has 4 nitrogen and oxygen atoms in total. The fourth-order valence-corrected chi connectivity index (χ4v) is 9.20. The Hall–Kier alpha value is -0.463. The molecule has 0 unspecified atom stereocenters. The largest absolute Gasteiger partial charge is 0.413 e. The van der Waals surface area contributed by atoms with Crippen LogP contribution in [0.5, 0.6) is 0 Å². The van der Waals surface area contributed by atoms with E-state index in [1.165, 1.54) is 0 Å². The zero-order valence-electron chi connectivity index (χ0n) is 17.5. The molecule has 2 atom stereocenters. The van der Waals surface area contributed by atoms with Crippen LogP contribution in [-0.2, 0) is 13.9 Å². The second-order valence-electron chi connectivity index (χ2n) is 7.92. The third kappa shape index (κ3) is 7.35. The third-order valence-corrected chi connectivity index (χ3v) is 11.0. The summed E-state index contributed by atoms with van der Waals surface area (Å²) in [6.45, 7) is 19.9. The zero-order chi connectivity index (χ0) is 19.7. The molecule has 0 rings (SSSR count). The number of hydrogen-bond acceptors (Lipinski definition) is 4. The van der Waals surface area contributed by atoms with Gasteiger partial charge in [0.05, 0.1) is 12.7 Å². The van der Waals surface area contributed by atoms with Gasteiger partial charge in [0.25, 0.3) is 0 Å². The zero-order valence-corrected chi connectivity index (χ0v) is 18.5. The Morgan fingerprint density at radius 2 is 1.60 bits per heavy atom. The SMILES string of the molecule is C=CC[C@@H](O)C=C[C@](C)(CO[Si](C(C)C)(C(C)C)C(C)C)OCOC. The first kappa shape index (κ1) is 24.5. The molecule has 0 saturated carbocycles. The molecule has 0 amide bonds. The van der Waals surface area contributed by atoms with E-state index in [0.717, 1.165) is 0 Å². The van der Waals surface area contributed by atoms with E-state index >= 15 is 0 Å². The topological polar surface area (TPSA) is 47.9 Å². The van der Waals surface area contributed by atoms with Gasteiger partial charge in [-0.2, -0.15) is 0 Å². The molecular formula is C20H40O4Si. The summed E-state index contributed by atoms with van der Waals surface area (Å²) < 4.78 is 17.7. The predicted octanol–water partition coefficient (Wildman–Crippen LogP) is 5.05. The van der Waals surface area contributed by atoms with Crippen molar-refractivity contribution >= 4 is 8.32 Å². The quantitative estimate of drug-likeness (QED) is 0.279. The summed E-state index contributed by atoms with van der Waals surface area (Å²) in [4.78, 5) is 0. The number of aliphatic hydroxyl groups excluding tert-OH is 1. The first-order valence-electron chi connectivity index (χ1n) is 9.30. The molecule has 0 aliphatic carbocycles. The van der Waals surface area contributed by atoms with Crippen molar-refractivity contribution in [3.63, 3.8) is 0 Å². The molecule has 0 aromatic heterocycles. The van der Waals surface area contributed by atoms with E-state index < -0.39 is 20.0 Å². The summed E-state index contributed by atoms with van der Waals surface area (Å²) in [5, 5.41) is 9.95. The van der Waals surface area contributed by atoms with Gasteiger partial charge >= 0.3 is 0 Å². The minimum atomic E-state index is -1.98. The highest BCUT2D eigenvalue weighted by Gasteiger charge is 2.46. The van der Waals surface area contributed by atoms with Crippen molar-refractivity contribution in [1.29, 1.82) is 0 Å². The lowest BCUT2D eigenvalue weighted by atomic mass is 10.1. The fourth-order valence-electron chi connectivity index (χ4n) is 3.66. The molecule has 0 spiro atoms. The molecule has 0 fully saturated rings. The van der Waals surface area contributed by atoms with Crippen LogP contribution in [0.25, 0.3) is 0 Å². The molecule has 0 aromatic rings. The van der Waals surface area contributed by atoms with Crippen molar-refractivity contribution in [2.24, 2.45) is 0 Å². The van der Waals surface area contributed by atoms with Gasteiger partial charge < -0.3 is 19.0 Å². The molecule has 0 aliphatic rings. The Labute approximate surface area is 156 Å². The van der Waals surface area contributed by atoms with Gasteiger partial charge in [0, 0.05) is 7.11 Å². The fraction of sp³-hybridized carbons (Fsp3) is 0.800. The molecule has 0 bridgehead atoms. The maximum Gasteiger partial charge on any atom is 0.200 e. The number of methoxy groups -OCH3 is 1. The molecule has 0 heterocycles. The van der Waals surface area contributed by atoms with Crippen molar-refractivity contribution in [3.8, 4) is 0 Å². The summed E-state index contributed by atoms with van der Waals surface area (Å²) >= 11 is 0. The molecule has 0 radical (unpaired) electrons. The Bertz CT molecular complexity index is 385. The minimum Gasteiger partial charge on any atom is -0.413 e. The lowest BCUT2D eigenvalue weighted by Gasteiger charge is -2.44. The van der Waals surface area contributed by atoms with Crippen LogP contribution in [0.15, 0.2) is 24.8 Å². The van der Waals surface area contributed by atoms with Crippen LogP contribution in [0.4, 0.5) is 0 Å². The predicted molar refractivity (Wildman–Crippen MR) is 108 cm³/mol. The first-order valence-corrected chi connectivity index (χ1v) is 11.4. The summed E-state index contributed by atoms with van der Waals surface area (Å²) in [5.41, 5.74) is 0.883. The molecule has 25 heavy (non-hydrogen) atoms. The van der Waals surface area contributed by atoms with E-state index in [2.05, 4.69) is 48.1 Å². The Morgan fingerprint density at radius 1 is 1.08 bits per heavy atom. The minimum absolute atomic E-state index is 0.182. The molecule has 0 aliphatic heterocycles. The average Bonchev–Trinajstić information content (AvgIpc) is 2.51. The normalized spacial score (nSPS) is 16.8. The maximum atomic E-state index is 9.95. The average molecular weight is 373 g/mol. The summed E-state index contributed by atoms with van der Waals surface area (Å²) in [5.74, 6) is 0. The van der Waals surface area contributed by atoms with Crippen LogP contribution < -0.4 is 0 Å². The van der Waals surface area contributed by atoms with Gasteiger partial charge in [0.2, 0.25) is 0 Å². The van der Waals surface area contributed by atoms with Gasteiger partial charge in [-0.15, -0.1) is 6.58 Å². The molecule has 0 saturated heterocycles. The smallest absolute Gasteiger partial charge is 0.200 e. The maximum absolute atomic E-state index is 9.95. The lowest BCUT2D eigenvalue weighted by Crippen LogP contribution is -2.51. The highest BCUT2D eigenvalue weighted by molar-refractivity contribution is 6.77. The van der Waals surface area contributed by atoms with E-state index in [4.69, 9.17) is 13.9 Å². The summed E-state index contributed by atoms with van der Waals surface area (Å²) in [7, 11) is -0.377. The second kappa shape index (κ2) is 11.3.